The van der Waals surface area contributed by atoms with Crippen LogP contribution in [0.2, 0.25) is 0 Å². The van der Waals surface area contributed by atoms with Gasteiger partial charge in [0.1, 0.15) is 0 Å². The fourth-order valence-electron chi connectivity index (χ4n) is 1.06. The van der Waals surface area contributed by atoms with Gasteiger partial charge in [-0.2, -0.15) is 0 Å². The number of hydrogen-bond acceptors (Lipinski definition) is 2. The molecule has 2 rings (SSSR count). The minimum Gasteiger partial charge on any atom is -0.324 e. The molecule has 4 heteroatoms. The van der Waals surface area contributed by atoms with Crippen LogP contribution in [-0.2, 0) is 0 Å². The van der Waals surface area contributed by atoms with Crippen molar-refractivity contribution in [2.75, 3.05) is 0 Å². The molecule has 0 aliphatic carbocycles. The summed E-state index contributed by atoms with van der Waals surface area (Å²) < 4.78 is 1.75. The molecule has 0 atom stereocenters. The van der Waals surface area contributed by atoms with E-state index < -0.39 is 0 Å². The monoisotopic (exact) mass is 149 g/mol. The van der Waals surface area contributed by atoms with Gasteiger partial charge in [0.05, 0.1) is 0 Å². The highest BCUT2D eigenvalue weighted by Crippen LogP contribution is 1.96. The van der Waals surface area contributed by atoms with Crippen LogP contribution in [0.15, 0.2) is 23.4 Å². The lowest BCUT2D eigenvalue weighted by atomic mass is 10.5. The molecular formula is C7H7N3O. The molecule has 2 aromatic heterocycles. The minimum atomic E-state index is -0.152. The van der Waals surface area contributed by atoms with Crippen LogP contribution in [0.5, 0.6) is 0 Å². The van der Waals surface area contributed by atoms with Crippen LogP contribution in [0.4, 0.5) is 0 Å². The number of hydrogen-bond donors (Lipinski definition) is 1. The van der Waals surface area contributed by atoms with Gasteiger partial charge in [-0.15, -0.1) is 0 Å². The highest BCUT2D eigenvalue weighted by molar-refractivity contribution is 5.35. The van der Waals surface area contributed by atoms with E-state index >= 15 is 0 Å². The predicted octanol–water partition coefficient (Wildman–Crippen LogP) is 0.331. The standard InChI is InChI=1S/C7H7N3O/c1-5-4-9-7(11)6-8-2-3-10(5)6/h2-4H,1H3,(H,9,11). The van der Waals surface area contributed by atoms with Crippen LogP contribution < -0.4 is 5.56 Å². The van der Waals surface area contributed by atoms with E-state index in [0.29, 0.717) is 5.65 Å². The molecule has 0 amide bonds. The van der Waals surface area contributed by atoms with E-state index in [0.717, 1.165) is 5.69 Å². The normalized spacial score (nSPS) is 10.6. The second-order valence-corrected chi connectivity index (χ2v) is 2.38. The van der Waals surface area contributed by atoms with Gasteiger partial charge in [0.25, 0.3) is 5.56 Å². The zero-order valence-corrected chi connectivity index (χ0v) is 6.03. The summed E-state index contributed by atoms with van der Waals surface area (Å²) in [7, 11) is 0. The fraction of sp³-hybridized carbons (Fsp3) is 0.143. The summed E-state index contributed by atoms with van der Waals surface area (Å²) in [6.07, 6.45) is 5.04. The minimum absolute atomic E-state index is 0.152. The Morgan fingerprint density at radius 2 is 2.45 bits per heavy atom. The van der Waals surface area contributed by atoms with Gasteiger partial charge in [-0.1, -0.05) is 0 Å². The van der Waals surface area contributed by atoms with Gasteiger partial charge >= 0.3 is 0 Å². The van der Waals surface area contributed by atoms with Gasteiger partial charge in [-0.05, 0) is 6.92 Å². The zero-order valence-electron chi connectivity index (χ0n) is 6.03. The number of aryl methyl sites for hydroxylation is 1. The summed E-state index contributed by atoms with van der Waals surface area (Å²) in [5, 5.41) is 0. The largest absolute Gasteiger partial charge is 0.324 e. The van der Waals surface area contributed by atoms with Gasteiger partial charge in [0, 0.05) is 24.3 Å². The number of rotatable bonds is 0. The quantitative estimate of drug-likeness (QED) is 0.586. The molecule has 4 nitrogen and oxygen atoms in total. The first kappa shape index (κ1) is 6.15. The summed E-state index contributed by atoms with van der Waals surface area (Å²) >= 11 is 0. The Labute approximate surface area is 62.5 Å². The van der Waals surface area contributed by atoms with Gasteiger partial charge in [0.15, 0.2) is 0 Å². The molecule has 2 heterocycles. The van der Waals surface area contributed by atoms with E-state index in [1.165, 1.54) is 0 Å². The third kappa shape index (κ3) is 0.756. The van der Waals surface area contributed by atoms with Gasteiger partial charge < -0.3 is 4.98 Å². The van der Waals surface area contributed by atoms with Gasteiger partial charge in [-0.3, -0.25) is 9.20 Å². The van der Waals surface area contributed by atoms with Crippen molar-refractivity contribution < 1.29 is 0 Å². The molecule has 0 aliphatic rings. The molecule has 0 saturated carbocycles. The predicted molar refractivity (Wildman–Crippen MR) is 40.5 cm³/mol. The fourth-order valence-corrected chi connectivity index (χ4v) is 1.06. The SMILES string of the molecule is Cc1c[nH]c(=O)c2nccn12. The molecule has 0 fully saturated rings. The van der Waals surface area contributed by atoms with Crippen LogP contribution in [-0.4, -0.2) is 14.4 Å². The number of aromatic nitrogens is 3. The maximum Gasteiger partial charge on any atom is 0.291 e. The maximum atomic E-state index is 11.1. The Balaban J connectivity index is 3.08. The molecule has 56 valence electrons. The van der Waals surface area contributed by atoms with Crippen molar-refractivity contribution in [3.63, 3.8) is 0 Å². The number of H-pyrrole nitrogens is 1. The third-order valence-corrected chi connectivity index (χ3v) is 1.64. The molecule has 0 saturated heterocycles. The van der Waals surface area contributed by atoms with Crippen molar-refractivity contribution in [3.8, 4) is 0 Å². The van der Waals surface area contributed by atoms with E-state index in [1.807, 2.05) is 6.92 Å². The lowest BCUT2D eigenvalue weighted by Crippen LogP contribution is -2.10. The summed E-state index contributed by atoms with van der Waals surface area (Å²) in [6, 6.07) is 0. The van der Waals surface area contributed by atoms with Crippen molar-refractivity contribution in [2.45, 2.75) is 6.92 Å². The molecule has 0 radical (unpaired) electrons. The molecular weight excluding hydrogens is 142 g/mol. The molecule has 0 aromatic carbocycles. The van der Waals surface area contributed by atoms with E-state index in [-0.39, 0.29) is 5.56 Å². The first-order valence-corrected chi connectivity index (χ1v) is 3.30. The van der Waals surface area contributed by atoms with Crippen molar-refractivity contribution in [2.24, 2.45) is 0 Å². The Morgan fingerprint density at radius 3 is 3.18 bits per heavy atom. The highest BCUT2D eigenvalue weighted by atomic mass is 16.1. The van der Waals surface area contributed by atoms with Crippen LogP contribution >= 0.6 is 0 Å². The Hall–Kier alpha value is -1.58. The van der Waals surface area contributed by atoms with Crippen LogP contribution in [0.25, 0.3) is 5.65 Å². The highest BCUT2D eigenvalue weighted by Gasteiger charge is 1.99. The molecule has 1 N–H and O–H groups in total. The molecule has 2 aromatic rings. The Morgan fingerprint density at radius 1 is 1.64 bits per heavy atom. The lowest BCUT2D eigenvalue weighted by Gasteiger charge is -1.95. The van der Waals surface area contributed by atoms with E-state index in [4.69, 9.17) is 0 Å². The molecule has 0 unspecified atom stereocenters. The van der Waals surface area contributed by atoms with Crippen molar-refractivity contribution in [3.05, 3.63) is 34.6 Å². The van der Waals surface area contributed by atoms with E-state index in [2.05, 4.69) is 9.97 Å². The van der Waals surface area contributed by atoms with Crippen LogP contribution in [0.1, 0.15) is 5.69 Å². The van der Waals surface area contributed by atoms with Crippen molar-refractivity contribution >= 4 is 5.65 Å². The maximum absolute atomic E-state index is 11.1. The molecule has 0 aliphatic heterocycles. The summed E-state index contributed by atoms with van der Waals surface area (Å²) in [4.78, 5) is 17.5. The van der Waals surface area contributed by atoms with E-state index in [1.54, 1.807) is 23.0 Å². The number of fused-ring (bicyclic) bond motifs is 1. The number of imidazole rings is 1. The topological polar surface area (TPSA) is 50.2 Å². The molecule has 0 spiro atoms. The molecule has 11 heavy (non-hydrogen) atoms. The second kappa shape index (κ2) is 1.95. The average molecular weight is 149 g/mol. The lowest BCUT2D eigenvalue weighted by molar-refractivity contribution is 1.02. The van der Waals surface area contributed by atoms with Gasteiger partial charge in [-0.25, -0.2) is 4.98 Å². The van der Waals surface area contributed by atoms with Gasteiger partial charge in [0.2, 0.25) is 5.65 Å². The summed E-state index contributed by atoms with van der Waals surface area (Å²) in [5.74, 6) is 0. The zero-order chi connectivity index (χ0) is 7.84. The average Bonchev–Trinajstić information content (AvgIpc) is 2.45. The van der Waals surface area contributed by atoms with Crippen LogP contribution in [0, 0.1) is 6.92 Å². The Bertz CT molecular complexity index is 440. The number of nitrogens with zero attached hydrogens (tertiary/aromatic N) is 2. The smallest absolute Gasteiger partial charge is 0.291 e. The number of nitrogens with one attached hydrogen (secondary N) is 1. The Kier molecular flexibility index (Phi) is 1.09. The first-order valence-electron chi connectivity index (χ1n) is 3.30. The summed E-state index contributed by atoms with van der Waals surface area (Å²) in [5.41, 5.74) is 1.27. The third-order valence-electron chi connectivity index (χ3n) is 1.64. The van der Waals surface area contributed by atoms with Crippen molar-refractivity contribution in [1.29, 1.82) is 0 Å². The second-order valence-electron chi connectivity index (χ2n) is 2.38. The number of aromatic amines is 1. The molecule has 0 bridgehead atoms. The van der Waals surface area contributed by atoms with Crippen molar-refractivity contribution in [1.82, 2.24) is 14.4 Å². The van der Waals surface area contributed by atoms with Crippen LogP contribution in [0.3, 0.4) is 0 Å². The van der Waals surface area contributed by atoms with E-state index in [9.17, 15) is 4.79 Å². The first-order chi connectivity index (χ1) is 5.29. The summed E-state index contributed by atoms with van der Waals surface area (Å²) in [6.45, 7) is 1.91.